The first-order valence-electron chi connectivity index (χ1n) is 10.6. The van der Waals surface area contributed by atoms with Gasteiger partial charge in [0.2, 0.25) is 0 Å². The van der Waals surface area contributed by atoms with Crippen LogP contribution in [0.3, 0.4) is 0 Å². The van der Waals surface area contributed by atoms with Crippen LogP contribution in [0, 0.1) is 5.82 Å². The predicted molar refractivity (Wildman–Crippen MR) is 130 cm³/mol. The van der Waals surface area contributed by atoms with Gasteiger partial charge in [-0.05, 0) is 56.4 Å². The van der Waals surface area contributed by atoms with Gasteiger partial charge in [0.1, 0.15) is 11.9 Å². The minimum Gasteiger partial charge on any atom is -0.471 e. The van der Waals surface area contributed by atoms with Crippen molar-refractivity contribution in [3.05, 3.63) is 54.3 Å². The van der Waals surface area contributed by atoms with Crippen LogP contribution in [0.5, 0.6) is 0 Å². The van der Waals surface area contributed by atoms with Crippen LogP contribution in [0.4, 0.5) is 31.0 Å². The average molecular weight is 475 g/mol. The van der Waals surface area contributed by atoms with Crippen molar-refractivity contribution < 1.29 is 23.5 Å². The summed E-state index contributed by atoms with van der Waals surface area (Å²) >= 11 is 4.62. The van der Waals surface area contributed by atoms with Crippen LogP contribution in [0.25, 0.3) is 0 Å². The van der Waals surface area contributed by atoms with Gasteiger partial charge in [-0.1, -0.05) is 18.2 Å². The maximum Gasteiger partial charge on any atom is 0.414 e. The number of thiocarbonyl (C=S) groups is 1. The van der Waals surface area contributed by atoms with Crippen molar-refractivity contribution in [3.63, 3.8) is 0 Å². The summed E-state index contributed by atoms with van der Waals surface area (Å²) in [7, 11) is 1.73. The maximum atomic E-state index is 14.7. The molecule has 3 amide bonds. The number of cyclic esters (lactones) is 1. The minimum atomic E-state index is -0.543. The molecule has 2 aromatic carbocycles. The number of halogens is 1. The SMILES string of the molecule is CC1CN(c2ccc(N3CCN(c4ccccc4)C3=O)c(F)c2)C(=O)O1.CCOC(=S)NC. The van der Waals surface area contributed by atoms with Crippen LogP contribution in [0.15, 0.2) is 48.5 Å². The maximum absolute atomic E-state index is 14.7. The molecule has 33 heavy (non-hydrogen) atoms. The predicted octanol–water partition coefficient (Wildman–Crippen LogP) is 4.14. The molecule has 0 radical (unpaired) electrons. The van der Waals surface area contributed by atoms with Gasteiger partial charge in [-0.3, -0.25) is 14.7 Å². The molecule has 2 aromatic rings. The van der Waals surface area contributed by atoms with E-state index in [0.29, 0.717) is 37.1 Å². The van der Waals surface area contributed by atoms with E-state index >= 15 is 0 Å². The number of benzene rings is 2. The van der Waals surface area contributed by atoms with Crippen molar-refractivity contribution in [2.45, 2.75) is 20.0 Å². The number of urea groups is 1. The Kier molecular flexibility index (Phi) is 8.05. The number of para-hydroxylation sites is 1. The van der Waals surface area contributed by atoms with Crippen molar-refractivity contribution in [2.24, 2.45) is 0 Å². The molecule has 1 atom stereocenters. The van der Waals surface area contributed by atoms with E-state index < -0.39 is 11.9 Å². The molecule has 2 heterocycles. The smallest absolute Gasteiger partial charge is 0.414 e. The minimum absolute atomic E-state index is 0.206. The van der Waals surface area contributed by atoms with Gasteiger partial charge in [-0.2, -0.15) is 0 Å². The molecule has 1 unspecified atom stereocenters. The van der Waals surface area contributed by atoms with Gasteiger partial charge in [-0.15, -0.1) is 0 Å². The molecule has 0 aromatic heterocycles. The molecule has 2 aliphatic heterocycles. The molecule has 2 fully saturated rings. The van der Waals surface area contributed by atoms with Crippen LogP contribution < -0.4 is 20.0 Å². The van der Waals surface area contributed by atoms with E-state index in [-0.39, 0.29) is 17.8 Å². The standard InChI is InChI=1S/C19H18FN3O3.C4H9NOS/c1-13-12-23(19(25)26-13)15-7-8-17(16(20)11-15)22-10-9-21(18(22)24)14-5-3-2-4-6-14;1-3-6-4(7)5-2/h2-8,11,13H,9-10,12H2,1H3;3H2,1-2H3,(H,5,7). The van der Waals surface area contributed by atoms with Crippen molar-refractivity contribution in [2.75, 3.05) is 48.0 Å². The third-order valence-electron chi connectivity index (χ3n) is 5.05. The summed E-state index contributed by atoms with van der Waals surface area (Å²) in [6.07, 6.45) is -0.720. The monoisotopic (exact) mass is 474 g/mol. The van der Waals surface area contributed by atoms with E-state index in [4.69, 9.17) is 9.47 Å². The fourth-order valence-electron chi connectivity index (χ4n) is 3.51. The summed E-state index contributed by atoms with van der Waals surface area (Å²) in [6.45, 7) is 5.57. The number of nitrogens with one attached hydrogen (secondary N) is 1. The molecule has 176 valence electrons. The van der Waals surface area contributed by atoms with Crippen LogP contribution in [-0.2, 0) is 9.47 Å². The molecular formula is C23H27FN4O4S. The quantitative estimate of drug-likeness (QED) is 0.672. The lowest BCUT2D eigenvalue weighted by Gasteiger charge is -2.20. The second kappa shape index (κ2) is 11.0. The molecule has 1 N–H and O–H groups in total. The zero-order chi connectivity index (χ0) is 24.0. The van der Waals surface area contributed by atoms with Gasteiger partial charge < -0.3 is 14.8 Å². The van der Waals surface area contributed by atoms with Crippen LogP contribution in [0.2, 0.25) is 0 Å². The molecule has 0 spiro atoms. The van der Waals surface area contributed by atoms with Gasteiger partial charge in [0.25, 0.3) is 5.17 Å². The Balaban J connectivity index is 0.000000383. The molecule has 0 saturated carbocycles. The Bertz CT molecular complexity index is 1010. The second-order valence-corrected chi connectivity index (χ2v) is 7.70. The zero-order valence-electron chi connectivity index (χ0n) is 18.8. The molecule has 2 saturated heterocycles. The number of carbonyl (C=O) groups excluding carboxylic acids is 2. The Morgan fingerprint density at radius 2 is 1.82 bits per heavy atom. The lowest BCUT2D eigenvalue weighted by atomic mass is 10.2. The van der Waals surface area contributed by atoms with E-state index in [0.717, 1.165) is 5.69 Å². The van der Waals surface area contributed by atoms with E-state index in [1.807, 2.05) is 37.3 Å². The number of rotatable bonds is 4. The zero-order valence-corrected chi connectivity index (χ0v) is 19.6. The van der Waals surface area contributed by atoms with Crippen LogP contribution in [-0.4, -0.2) is 56.7 Å². The first-order chi connectivity index (χ1) is 15.8. The molecular weight excluding hydrogens is 447 g/mol. The number of ether oxygens (including phenoxy) is 2. The summed E-state index contributed by atoms with van der Waals surface area (Å²) < 4.78 is 24.6. The molecule has 0 bridgehead atoms. The Labute approximate surface area is 197 Å². The lowest BCUT2D eigenvalue weighted by Crippen LogP contribution is -2.32. The van der Waals surface area contributed by atoms with E-state index in [1.165, 1.54) is 21.9 Å². The summed E-state index contributed by atoms with van der Waals surface area (Å²) in [5, 5.41) is 3.14. The Hall–Kier alpha value is -3.40. The highest BCUT2D eigenvalue weighted by molar-refractivity contribution is 7.80. The fourth-order valence-corrected chi connectivity index (χ4v) is 3.63. The Morgan fingerprint density at radius 3 is 2.36 bits per heavy atom. The van der Waals surface area contributed by atoms with Gasteiger partial charge >= 0.3 is 12.1 Å². The van der Waals surface area contributed by atoms with Gasteiger partial charge in [-0.25, -0.2) is 14.0 Å². The second-order valence-electron chi connectivity index (χ2n) is 7.33. The van der Waals surface area contributed by atoms with Crippen molar-refractivity contribution in [3.8, 4) is 0 Å². The lowest BCUT2D eigenvalue weighted by molar-refractivity contribution is 0.150. The number of hydrogen-bond donors (Lipinski definition) is 1. The third-order valence-corrected chi connectivity index (χ3v) is 5.37. The van der Waals surface area contributed by atoms with E-state index in [1.54, 1.807) is 24.9 Å². The normalized spacial score (nSPS) is 17.5. The number of hydrogen-bond acceptors (Lipinski definition) is 5. The summed E-state index contributed by atoms with van der Waals surface area (Å²) in [4.78, 5) is 28.9. The van der Waals surface area contributed by atoms with E-state index in [9.17, 15) is 14.0 Å². The first kappa shape index (κ1) is 24.2. The van der Waals surface area contributed by atoms with Gasteiger partial charge in [0.15, 0.2) is 0 Å². The highest BCUT2D eigenvalue weighted by atomic mass is 32.1. The molecule has 8 nitrogen and oxygen atoms in total. The molecule has 0 aliphatic carbocycles. The molecule has 4 rings (SSSR count). The molecule has 2 aliphatic rings. The number of carbonyl (C=O) groups is 2. The summed E-state index contributed by atoms with van der Waals surface area (Å²) in [5.41, 5.74) is 1.41. The van der Waals surface area contributed by atoms with Crippen LogP contribution in [0.1, 0.15) is 13.8 Å². The summed E-state index contributed by atoms with van der Waals surface area (Å²) in [5.74, 6) is -0.543. The third kappa shape index (κ3) is 5.70. The first-order valence-corrected chi connectivity index (χ1v) is 11.0. The van der Waals surface area contributed by atoms with Gasteiger partial charge in [0.05, 0.1) is 24.5 Å². The summed E-state index contributed by atoms with van der Waals surface area (Å²) in [6, 6.07) is 13.5. The van der Waals surface area contributed by atoms with E-state index in [2.05, 4.69) is 17.5 Å². The fraction of sp³-hybridized carbons (Fsp3) is 0.348. The van der Waals surface area contributed by atoms with Crippen molar-refractivity contribution >= 4 is 46.6 Å². The highest BCUT2D eigenvalue weighted by Gasteiger charge is 2.33. The average Bonchev–Trinajstić information content (AvgIpc) is 3.36. The largest absolute Gasteiger partial charge is 0.471 e. The number of nitrogens with zero attached hydrogens (tertiary/aromatic N) is 3. The number of amides is 3. The van der Waals surface area contributed by atoms with Crippen molar-refractivity contribution in [1.29, 1.82) is 0 Å². The highest BCUT2D eigenvalue weighted by Crippen LogP contribution is 2.31. The molecule has 10 heteroatoms. The van der Waals surface area contributed by atoms with Crippen molar-refractivity contribution in [1.82, 2.24) is 5.32 Å². The van der Waals surface area contributed by atoms with Gasteiger partial charge in [0, 0.05) is 25.8 Å². The number of anilines is 3. The Morgan fingerprint density at radius 1 is 1.12 bits per heavy atom. The topological polar surface area (TPSA) is 74.4 Å². The van der Waals surface area contributed by atoms with Crippen LogP contribution >= 0.6 is 12.2 Å².